The van der Waals surface area contributed by atoms with Gasteiger partial charge in [-0.15, -0.1) is 0 Å². The van der Waals surface area contributed by atoms with E-state index in [1.165, 1.54) is 6.42 Å². The van der Waals surface area contributed by atoms with Crippen LogP contribution >= 0.6 is 0 Å². The van der Waals surface area contributed by atoms with Gasteiger partial charge >= 0.3 is 0 Å². The molecule has 0 bridgehead atoms. The van der Waals surface area contributed by atoms with Crippen LogP contribution in [-0.4, -0.2) is 42.4 Å². The Morgan fingerprint density at radius 1 is 1.29 bits per heavy atom. The van der Waals surface area contributed by atoms with Crippen LogP contribution in [0, 0.1) is 11.8 Å². The van der Waals surface area contributed by atoms with E-state index in [0.717, 1.165) is 56.3 Å². The summed E-state index contributed by atoms with van der Waals surface area (Å²) in [5.41, 5.74) is 6.73. The van der Waals surface area contributed by atoms with Gasteiger partial charge in [-0.3, -0.25) is 0 Å². The molecular weight excluding hydrogens is 264 g/mol. The SMILES string of the molecule is NCc1cccc(OCCCN2CC3CCC(O)C3C2)c1. The minimum Gasteiger partial charge on any atom is -0.494 e. The van der Waals surface area contributed by atoms with E-state index < -0.39 is 0 Å². The molecule has 0 aromatic heterocycles. The lowest BCUT2D eigenvalue weighted by molar-refractivity contribution is 0.123. The van der Waals surface area contributed by atoms with Crippen molar-refractivity contribution in [3.63, 3.8) is 0 Å². The first-order valence-electron chi connectivity index (χ1n) is 8.08. The summed E-state index contributed by atoms with van der Waals surface area (Å²) in [5.74, 6) is 2.15. The lowest BCUT2D eigenvalue weighted by Crippen LogP contribution is -2.26. The van der Waals surface area contributed by atoms with Crippen LogP contribution in [0.4, 0.5) is 0 Å². The van der Waals surface area contributed by atoms with Crippen molar-refractivity contribution in [2.24, 2.45) is 17.6 Å². The summed E-state index contributed by atoms with van der Waals surface area (Å²) < 4.78 is 5.79. The number of hydrogen-bond acceptors (Lipinski definition) is 4. The average Bonchev–Trinajstić information content (AvgIpc) is 3.06. The van der Waals surface area contributed by atoms with E-state index in [-0.39, 0.29) is 6.10 Å². The molecule has 21 heavy (non-hydrogen) atoms. The third-order valence-electron chi connectivity index (χ3n) is 4.92. The zero-order chi connectivity index (χ0) is 14.7. The molecule has 2 aliphatic rings. The predicted octanol–water partition coefficient (Wildman–Crippen LogP) is 1.62. The predicted molar refractivity (Wildman–Crippen MR) is 83.1 cm³/mol. The van der Waals surface area contributed by atoms with Crippen LogP contribution in [0.2, 0.25) is 0 Å². The first kappa shape index (κ1) is 14.8. The van der Waals surface area contributed by atoms with Gasteiger partial charge < -0.3 is 20.5 Å². The highest BCUT2D eigenvalue weighted by molar-refractivity contribution is 5.28. The third-order valence-corrected chi connectivity index (χ3v) is 4.92. The molecule has 0 spiro atoms. The fourth-order valence-corrected chi connectivity index (χ4v) is 3.75. The normalized spacial score (nSPS) is 28.8. The first-order valence-corrected chi connectivity index (χ1v) is 8.08. The molecule has 1 aliphatic carbocycles. The Bertz CT molecular complexity index is 466. The second-order valence-corrected chi connectivity index (χ2v) is 6.38. The van der Waals surface area contributed by atoms with Crippen molar-refractivity contribution in [3.05, 3.63) is 29.8 Å². The summed E-state index contributed by atoms with van der Waals surface area (Å²) in [6, 6.07) is 7.99. The first-order chi connectivity index (χ1) is 10.3. The molecule has 3 rings (SSSR count). The highest BCUT2D eigenvalue weighted by Crippen LogP contribution is 2.37. The zero-order valence-electron chi connectivity index (χ0n) is 12.6. The lowest BCUT2D eigenvalue weighted by Gasteiger charge is -2.18. The van der Waals surface area contributed by atoms with Gasteiger partial charge in [-0.25, -0.2) is 0 Å². The minimum absolute atomic E-state index is 0.0600. The molecule has 0 amide bonds. The summed E-state index contributed by atoms with van der Waals surface area (Å²) in [4.78, 5) is 2.48. The summed E-state index contributed by atoms with van der Waals surface area (Å²) in [7, 11) is 0. The average molecular weight is 290 g/mol. The van der Waals surface area contributed by atoms with E-state index in [4.69, 9.17) is 10.5 Å². The molecule has 4 heteroatoms. The summed E-state index contributed by atoms with van der Waals surface area (Å²) in [5, 5.41) is 9.93. The maximum atomic E-state index is 9.93. The Labute approximate surface area is 126 Å². The van der Waals surface area contributed by atoms with Crippen molar-refractivity contribution >= 4 is 0 Å². The molecule has 1 saturated heterocycles. The number of hydrogen-bond donors (Lipinski definition) is 2. The molecule has 1 heterocycles. The van der Waals surface area contributed by atoms with Crippen LogP contribution in [0.25, 0.3) is 0 Å². The smallest absolute Gasteiger partial charge is 0.119 e. The summed E-state index contributed by atoms with van der Waals surface area (Å²) in [6.07, 6.45) is 3.17. The fraction of sp³-hybridized carbons (Fsp3) is 0.647. The van der Waals surface area contributed by atoms with Crippen LogP contribution in [0.15, 0.2) is 24.3 Å². The summed E-state index contributed by atoms with van der Waals surface area (Å²) in [6.45, 7) is 4.58. The Hall–Kier alpha value is -1.10. The lowest BCUT2D eigenvalue weighted by atomic mass is 10.00. The van der Waals surface area contributed by atoms with Gasteiger partial charge in [0.2, 0.25) is 0 Å². The largest absolute Gasteiger partial charge is 0.494 e. The molecule has 1 aliphatic heterocycles. The van der Waals surface area contributed by atoms with Gasteiger partial charge in [0.15, 0.2) is 0 Å². The second kappa shape index (κ2) is 6.77. The van der Waals surface area contributed by atoms with Crippen LogP contribution in [-0.2, 0) is 6.54 Å². The molecule has 3 N–H and O–H groups in total. The van der Waals surface area contributed by atoms with Gasteiger partial charge in [-0.05, 0) is 42.9 Å². The van der Waals surface area contributed by atoms with Crippen LogP contribution in [0.1, 0.15) is 24.8 Å². The second-order valence-electron chi connectivity index (χ2n) is 6.38. The molecule has 1 saturated carbocycles. The van der Waals surface area contributed by atoms with Gasteiger partial charge in [0.05, 0.1) is 12.7 Å². The standard InChI is InChI=1S/C17H26N2O2/c18-10-13-3-1-4-15(9-13)21-8-2-7-19-11-14-5-6-17(20)16(14)12-19/h1,3-4,9,14,16-17,20H,2,5-8,10-12,18H2. The molecule has 3 unspecified atom stereocenters. The van der Waals surface area contributed by atoms with Gasteiger partial charge in [0.1, 0.15) is 5.75 Å². The zero-order valence-corrected chi connectivity index (χ0v) is 12.6. The van der Waals surface area contributed by atoms with Gasteiger partial charge in [-0.2, -0.15) is 0 Å². The number of likely N-dealkylation sites (tertiary alicyclic amines) is 1. The fourth-order valence-electron chi connectivity index (χ4n) is 3.75. The Morgan fingerprint density at radius 2 is 2.19 bits per heavy atom. The maximum absolute atomic E-state index is 9.93. The van der Waals surface area contributed by atoms with E-state index >= 15 is 0 Å². The number of nitrogens with two attached hydrogens (primary N) is 1. The number of ether oxygens (including phenoxy) is 1. The topological polar surface area (TPSA) is 58.7 Å². The van der Waals surface area contributed by atoms with Gasteiger partial charge in [0, 0.05) is 32.1 Å². The van der Waals surface area contributed by atoms with Crippen molar-refractivity contribution < 1.29 is 9.84 Å². The van der Waals surface area contributed by atoms with Crippen molar-refractivity contribution in [1.82, 2.24) is 4.90 Å². The van der Waals surface area contributed by atoms with Crippen LogP contribution < -0.4 is 10.5 Å². The number of fused-ring (bicyclic) bond motifs is 1. The minimum atomic E-state index is -0.0600. The van der Waals surface area contributed by atoms with Crippen LogP contribution in [0.5, 0.6) is 5.75 Å². The molecule has 0 radical (unpaired) electrons. The summed E-state index contributed by atoms with van der Waals surface area (Å²) >= 11 is 0. The quantitative estimate of drug-likeness (QED) is 0.782. The van der Waals surface area contributed by atoms with Gasteiger partial charge in [-0.1, -0.05) is 12.1 Å². The highest BCUT2D eigenvalue weighted by atomic mass is 16.5. The molecule has 1 aromatic carbocycles. The molecule has 116 valence electrons. The third kappa shape index (κ3) is 3.57. The van der Waals surface area contributed by atoms with Crippen LogP contribution in [0.3, 0.4) is 0 Å². The monoisotopic (exact) mass is 290 g/mol. The van der Waals surface area contributed by atoms with Crippen molar-refractivity contribution in [2.45, 2.75) is 31.9 Å². The molecule has 4 nitrogen and oxygen atoms in total. The maximum Gasteiger partial charge on any atom is 0.119 e. The van der Waals surface area contributed by atoms with Crippen molar-refractivity contribution in [1.29, 1.82) is 0 Å². The van der Waals surface area contributed by atoms with Crippen molar-refractivity contribution in [3.8, 4) is 5.75 Å². The molecule has 1 aromatic rings. The number of aliphatic hydroxyl groups is 1. The Kier molecular flexibility index (Phi) is 4.78. The Morgan fingerprint density at radius 3 is 3.00 bits per heavy atom. The van der Waals surface area contributed by atoms with E-state index in [2.05, 4.69) is 4.90 Å². The molecular formula is C17H26N2O2. The number of rotatable bonds is 6. The molecule has 3 atom stereocenters. The number of nitrogens with zero attached hydrogens (tertiary/aromatic N) is 1. The van der Waals surface area contributed by atoms with E-state index in [1.54, 1.807) is 0 Å². The number of aliphatic hydroxyl groups excluding tert-OH is 1. The van der Waals surface area contributed by atoms with Gasteiger partial charge in [0.25, 0.3) is 0 Å². The van der Waals surface area contributed by atoms with Crippen molar-refractivity contribution in [2.75, 3.05) is 26.2 Å². The van der Waals surface area contributed by atoms with E-state index in [1.807, 2.05) is 24.3 Å². The highest BCUT2D eigenvalue weighted by Gasteiger charge is 2.41. The van der Waals surface area contributed by atoms with E-state index in [0.29, 0.717) is 12.5 Å². The molecule has 2 fully saturated rings. The Balaban J connectivity index is 1.37. The van der Waals surface area contributed by atoms with E-state index in [9.17, 15) is 5.11 Å². The number of benzene rings is 1.